The molecular formula is C26H25F8N5O4. The number of ether oxygens (including phenoxy) is 1. The first-order valence-electron chi connectivity index (χ1n) is 12.9. The summed E-state index contributed by atoms with van der Waals surface area (Å²) < 4.78 is 110. The average Bonchev–Trinajstić information content (AvgIpc) is 3.33. The second-order valence-electron chi connectivity index (χ2n) is 10.0. The molecule has 0 radical (unpaired) electrons. The molecule has 4 rings (SSSR count). The molecule has 43 heavy (non-hydrogen) atoms. The molecule has 3 N–H and O–H groups in total. The Balaban J connectivity index is 1.58. The molecule has 234 valence electrons. The maximum Gasteiger partial charge on any atom is 0.389 e. The standard InChI is InChI=1S/C26H25F8N5O4/c27-16-7-14(8-17(10-16)43-24(28)29)22(41)38-21(13-1-4-25(30,31)5-2-13)18-12-39-19(36-18)9-15(11-35-39)23(42)37-20(40)3-6-26(32,33)34/h7-13,21,23-24,42H,1-6H2,(H,37,40)(H,38,41)/t21-,23+/m0/s1. The number of imidazole rings is 1. The number of hydrogen-bond donors (Lipinski definition) is 3. The summed E-state index contributed by atoms with van der Waals surface area (Å²) in [5, 5.41) is 19.0. The Labute approximate surface area is 238 Å². The molecule has 1 saturated carbocycles. The summed E-state index contributed by atoms with van der Waals surface area (Å²) >= 11 is 0. The highest BCUT2D eigenvalue weighted by Gasteiger charge is 2.39. The van der Waals surface area contributed by atoms with E-state index < -0.39 is 86.0 Å². The summed E-state index contributed by atoms with van der Waals surface area (Å²) in [5.74, 6) is -7.12. The van der Waals surface area contributed by atoms with E-state index in [2.05, 4.69) is 20.1 Å². The van der Waals surface area contributed by atoms with Crippen LogP contribution in [0.2, 0.25) is 0 Å². The number of aromatic nitrogens is 3. The van der Waals surface area contributed by atoms with Gasteiger partial charge in [-0.3, -0.25) is 9.59 Å². The topological polar surface area (TPSA) is 118 Å². The second-order valence-corrected chi connectivity index (χ2v) is 10.0. The van der Waals surface area contributed by atoms with Crippen LogP contribution in [0, 0.1) is 11.7 Å². The number of carbonyl (C=O) groups excluding carboxylic acids is 2. The molecule has 2 atom stereocenters. The summed E-state index contributed by atoms with van der Waals surface area (Å²) in [7, 11) is 0. The summed E-state index contributed by atoms with van der Waals surface area (Å²) in [4.78, 5) is 29.3. The molecule has 0 spiro atoms. The van der Waals surface area contributed by atoms with E-state index in [1.54, 1.807) is 0 Å². The number of aliphatic hydroxyl groups is 1. The van der Waals surface area contributed by atoms with Crippen LogP contribution in [-0.2, 0) is 4.79 Å². The van der Waals surface area contributed by atoms with Crippen molar-refractivity contribution >= 4 is 17.5 Å². The smallest absolute Gasteiger partial charge is 0.389 e. The monoisotopic (exact) mass is 623 g/mol. The zero-order chi connectivity index (χ0) is 31.5. The number of halogens is 8. The molecule has 2 amide bonds. The quantitative estimate of drug-likeness (QED) is 0.211. The van der Waals surface area contributed by atoms with E-state index in [1.165, 1.54) is 16.8 Å². The predicted molar refractivity (Wildman–Crippen MR) is 132 cm³/mol. The number of aliphatic hydroxyl groups excluding tert-OH is 1. The summed E-state index contributed by atoms with van der Waals surface area (Å²) in [6.07, 6.45) is -7.14. The average molecular weight is 624 g/mol. The van der Waals surface area contributed by atoms with Crippen molar-refractivity contribution in [3.05, 3.63) is 59.3 Å². The van der Waals surface area contributed by atoms with Crippen molar-refractivity contribution in [2.24, 2.45) is 5.92 Å². The molecule has 2 heterocycles. The lowest BCUT2D eigenvalue weighted by Crippen LogP contribution is -2.37. The van der Waals surface area contributed by atoms with Gasteiger partial charge in [0.25, 0.3) is 5.91 Å². The molecule has 0 bridgehead atoms. The lowest BCUT2D eigenvalue weighted by Gasteiger charge is -2.33. The van der Waals surface area contributed by atoms with Crippen LogP contribution in [0.25, 0.3) is 5.65 Å². The Morgan fingerprint density at radius 3 is 2.47 bits per heavy atom. The zero-order valence-electron chi connectivity index (χ0n) is 22.1. The van der Waals surface area contributed by atoms with Gasteiger partial charge in [-0.15, -0.1) is 0 Å². The first-order chi connectivity index (χ1) is 20.1. The number of alkyl halides is 7. The van der Waals surface area contributed by atoms with Crippen LogP contribution in [0.5, 0.6) is 5.75 Å². The third-order valence-electron chi connectivity index (χ3n) is 6.81. The van der Waals surface area contributed by atoms with Gasteiger partial charge in [-0.25, -0.2) is 22.7 Å². The Morgan fingerprint density at radius 2 is 1.81 bits per heavy atom. The fourth-order valence-corrected chi connectivity index (χ4v) is 4.69. The van der Waals surface area contributed by atoms with Crippen molar-refractivity contribution in [1.82, 2.24) is 25.2 Å². The summed E-state index contributed by atoms with van der Waals surface area (Å²) in [5.41, 5.74) is -0.211. The number of nitrogens with zero attached hydrogens (tertiary/aromatic N) is 3. The van der Waals surface area contributed by atoms with Crippen molar-refractivity contribution < 1.29 is 54.6 Å². The first kappa shape index (κ1) is 31.9. The van der Waals surface area contributed by atoms with Crippen molar-refractivity contribution in [2.45, 2.75) is 69.5 Å². The van der Waals surface area contributed by atoms with E-state index in [1.807, 2.05) is 5.32 Å². The Kier molecular flexibility index (Phi) is 9.41. The zero-order valence-corrected chi connectivity index (χ0v) is 22.1. The van der Waals surface area contributed by atoms with E-state index >= 15 is 0 Å². The van der Waals surface area contributed by atoms with Gasteiger partial charge in [-0.05, 0) is 37.0 Å². The van der Waals surface area contributed by atoms with Crippen LogP contribution >= 0.6 is 0 Å². The van der Waals surface area contributed by atoms with E-state index in [9.17, 15) is 49.8 Å². The number of hydrogen-bond acceptors (Lipinski definition) is 6. The van der Waals surface area contributed by atoms with Crippen LogP contribution in [0.3, 0.4) is 0 Å². The van der Waals surface area contributed by atoms with Gasteiger partial charge >= 0.3 is 12.8 Å². The van der Waals surface area contributed by atoms with E-state index in [-0.39, 0.29) is 35.3 Å². The van der Waals surface area contributed by atoms with Gasteiger partial charge in [-0.1, -0.05) is 0 Å². The van der Waals surface area contributed by atoms with Gasteiger partial charge in [0.1, 0.15) is 11.6 Å². The number of rotatable bonds is 10. The molecule has 3 aromatic rings. The normalized spacial score (nSPS) is 17.1. The molecule has 1 aromatic carbocycles. The maximum atomic E-state index is 14.0. The van der Waals surface area contributed by atoms with Crippen LogP contribution < -0.4 is 15.4 Å². The predicted octanol–water partition coefficient (Wildman–Crippen LogP) is 5.22. The minimum Gasteiger partial charge on any atom is -0.435 e. The van der Waals surface area contributed by atoms with Gasteiger partial charge in [0.2, 0.25) is 11.8 Å². The second kappa shape index (κ2) is 12.7. The van der Waals surface area contributed by atoms with Crippen molar-refractivity contribution in [2.75, 3.05) is 0 Å². The van der Waals surface area contributed by atoms with Crippen LogP contribution in [0.15, 0.2) is 36.7 Å². The highest BCUT2D eigenvalue weighted by molar-refractivity contribution is 5.94. The number of nitrogens with one attached hydrogen (secondary N) is 2. The molecule has 1 aliphatic rings. The molecular weight excluding hydrogens is 598 g/mol. The van der Waals surface area contributed by atoms with Crippen molar-refractivity contribution in [1.29, 1.82) is 0 Å². The Bertz CT molecular complexity index is 1460. The van der Waals surface area contributed by atoms with Gasteiger partial charge in [0.15, 0.2) is 11.9 Å². The van der Waals surface area contributed by atoms with Gasteiger partial charge in [0.05, 0.1) is 30.6 Å². The third-order valence-corrected chi connectivity index (χ3v) is 6.81. The lowest BCUT2D eigenvalue weighted by molar-refractivity contribution is -0.145. The largest absolute Gasteiger partial charge is 0.435 e. The minimum absolute atomic E-state index is 0.0317. The molecule has 9 nitrogen and oxygen atoms in total. The van der Waals surface area contributed by atoms with Crippen LogP contribution in [0.1, 0.15) is 72.4 Å². The third kappa shape index (κ3) is 8.75. The number of fused-ring (bicyclic) bond motifs is 1. The Morgan fingerprint density at radius 1 is 1.12 bits per heavy atom. The molecule has 0 aliphatic heterocycles. The highest BCUT2D eigenvalue weighted by atomic mass is 19.4. The fraction of sp³-hybridized carbons (Fsp3) is 0.462. The van der Waals surface area contributed by atoms with Crippen molar-refractivity contribution in [3.8, 4) is 5.75 Å². The number of carbonyl (C=O) groups is 2. The minimum atomic E-state index is -4.56. The number of amides is 2. The molecule has 1 aliphatic carbocycles. The van der Waals surface area contributed by atoms with Gasteiger partial charge < -0.3 is 20.5 Å². The molecule has 0 saturated heterocycles. The van der Waals surface area contributed by atoms with Crippen LogP contribution in [-0.4, -0.2) is 50.2 Å². The highest BCUT2D eigenvalue weighted by Crippen LogP contribution is 2.41. The van der Waals surface area contributed by atoms with Crippen molar-refractivity contribution in [3.63, 3.8) is 0 Å². The van der Waals surface area contributed by atoms with Gasteiger partial charge in [-0.2, -0.15) is 27.1 Å². The van der Waals surface area contributed by atoms with E-state index in [0.717, 1.165) is 18.3 Å². The SMILES string of the molecule is O=C(CCC(F)(F)F)N[C@H](O)c1cnn2cc([C@@H](NC(=O)c3cc(F)cc(OC(F)F)c3)C3CCC(F)(F)CC3)nc2c1. The van der Waals surface area contributed by atoms with E-state index in [0.29, 0.717) is 6.07 Å². The molecule has 17 heteroatoms. The van der Waals surface area contributed by atoms with Gasteiger partial charge in [0, 0.05) is 36.5 Å². The lowest BCUT2D eigenvalue weighted by atomic mass is 9.81. The summed E-state index contributed by atoms with van der Waals surface area (Å²) in [6.45, 7) is -3.28. The molecule has 1 fully saturated rings. The van der Waals surface area contributed by atoms with Crippen LogP contribution in [0.4, 0.5) is 35.1 Å². The number of benzene rings is 1. The van der Waals surface area contributed by atoms with E-state index in [4.69, 9.17) is 0 Å². The summed E-state index contributed by atoms with van der Waals surface area (Å²) in [6, 6.07) is 2.56. The fourth-order valence-electron chi connectivity index (χ4n) is 4.69. The Hall–Kier alpha value is -4.02. The first-order valence-corrected chi connectivity index (χ1v) is 12.9. The maximum absolute atomic E-state index is 14.0. The molecule has 2 aromatic heterocycles. The molecule has 0 unspecified atom stereocenters.